The number of nitrogens with two attached hydrogens (primary N) is 2. The average Bonchev–Trinajstić information content (AvgIpc) is 2.00. The number of aliphatic carboxylic acids is 1. The Kier molecular flexibility index (Phi) is 3.70. The highest BCUT2D eigenvalue weighted by molar-refractivity contribution is 5.96. The molecule has 0 aliphatic carbocycles. The van der Waals surface area contributed by atoms with Crippen molar-refractivity contribution in [1.29, 1.82) is 0 Å². The van der Waals surface area contributed by atoms with Crippen molar-refractivity contribution in [2.45, 2.75) is 18.4 Å². The molecule has 0 saturated heterocycles. The second-order valence-corrected chi connectivity index (χ2v) is 2.36. The Hall–Kier alpha value is -0.940. The Morgan fingerprint density at radius 2 is 2.18 bits per heavy atom. The Bertz CT molecular complexity index is 160. The van der Waals surface area contributed by atoms with Crippen LogP contribution in [0.3, 0.4) is 0 Å². The van der Waals surface area contributed by atoms with Gasteiger partial charge in [0, 0.05) is 0 Å². The lowest BCUT2D eigenvalue weighted by Crippen LogP contribution is -2.49. The summed E-state index contributed by atoms with van der Waals surface area (Å²) in [5.74, 6) is -1.30. The normalized spacial score (nSPS) is 15.5. The number of carboxylic acids is 1. The number of carbonyl (C=O) groups excluding carboxylic acids is 1. The lowest BCUT2D eigenvalue weighted by molar-refractivity contribution is -0.145. The molecule has 0 aliphatic heterocycles. The fourth-order valence-electron chi connectivity index (χ4n) is 0.611. The van der Waals surface area contributed by atoms with Crippen LogP contribution >= 0.6 is 0 Å². The quantitative estimate of drug-likeness (QED) is 0.342. The SMILES string of the molecule is NCCCC(N)(C=O)C(=O)O. The van der Waals surface area contributed by atoms with E-state index in [9.17, 15) is 9.59 Å². The van der Waals surface area contributed by atoms with Gasteiger partial charge < -0.3 is 21.4 Å². The second-order valence-electron chi connectivity index (χ2n) is 2.36. The first kappa shape index (κ1) is 10.1. The van der Waals surface area contributed by atoms with E-state index in [1.165, 1.54) is 0 Å². The van der Waals surface area contributed by atoms with Crippen molar-refractivity contribution in [3.8, 4) is 0 Å². The van der Waals surface area contributed by atoms with Crippen molar-refractivity contribution in [3.05, 3.63) is 0 Å². The molecule has 5 heteroatoms. The van der Waals surface area contributed by atoms with Gasteiger partial charge in [-0.25, -0.2) is 4.79 Å². The van der Waals surface area contributed by atoms with Gasteiger partial charge in [0.1, 0.15) is 0 Å². The first-order chi connectivity index (χ1) is 5.06. The van der Waals surface area contributed by atoms with Crippen molar-refractivity contribution in [2.24, 2.45) is 11.5 Å². The third kappa shape index (κ3) is 2.65. The van der Waals surface area contributed by atoms with Crippen LogP contribution in [0.2, 0.25) is 0 Å². The van der Waals surface area contributed by atoms with Gasteiger partial charge in [0.25, 0.3) is 0 Å². The summed E-state index contributed by atoms with van der Waals surface area (Å²) in [6.07, 6.45) is 0.759. The summed E-state index contributed by atoms with van der Waals surface area (Å²) in [4.78, 5) is 20.6. The molecule has 11 heavy (non-hydrogen) atoms. The molecule has 0 aliphatic rings. The van der Waals surface area contributed by atoms with Crippen LogP contribution in [0.25, 0.3) is 0 Å². The van der Waals surface area contributed by atoms with Gasteiger partial charge in [-0.3, -0.25) is 0 Å². The summed E-state index contributed by atoms with van der Waals surface area (Å²) >= 11 is 0. The van der Waals surface area contributed by atoms with E-state index in [-0.39, 0.29) is 12.7 Å². The van der Waals surface area contributed by atoms with Crippen LogP contribution in [-0.4, -0.2) is 29.4 Å². The molecule has 1 unspecified atom stereocenters. The predicted molar refractivity (Wildman–Crippen MR) is 38.9 cm³/mol. The van der Waals surface area contributed by atoms with Crippen molar-refractivity contribution >= 4 is 12.3 Å². The zero-order chi connectivity index (χ0) is 8.91. The summed E-state index contributed by atoms with van der Waals surface area (Å²) < 4.78 is 0. The molecule has 0 radical (unpaired) electrons. The largest absolute Gasteiger partial charge is 0.480 e. The number of hydrogen-bond acceptors (Lipinski definition) is 4. The maximum atomic E-state index is 10.4. The zero-order valence-corrected chi connectivity index (χ0v) is 6.12. The lowest BCUT2D eigenvalue weighted by atomic mass is 9.97. The molecule has 0 fully saturated rings. The molecular weight excluding hydrogens is 148 g/mol. The third-order valence-electron chi connectivity index (χ3n) is 1.40. The van der Waals surface area contributed by atoms with Crippen molar-refractivity contribution in [1.82, 2.24) is 0 Å². The minimum atomic E-state index is -1.75. The first-order valence-electron chi connectivity index (χ1n) is 3.25. The molecule has 5 N–H and O–H groups in total. The zero-order valence-electron chi connectivity index (χ0n) is 6.12. The van der Waals surface area contributed by atoms with Crippen molar-refractivity contribution < 1.29 is 14.7 Å². The Morgan fingerprint density at radius 1 is 1.64 bits per heavy atom. The van der Waals surface area contributed by atoms with Gasteiger partial charge in [-0.2, -0.15) is 0 Å². The Balaban J connectivity index is 4.10. The highest BCUT2D eigenvalue weighted by Crippen LogP contribution is 2.05. The molecule has 64 valence electrons. The summed E-state index contributed by atoms with van der Waals surface area (Å²) in [6.45, 7) is 0.333. The minimum Gasteiger partial charge on any atom is -0.480 e. The van der Waals surface area contributed by atoms with Crippen LogP contribution in [0.5, 0.6) is 0 Å². The van der Waals surface area contributed by atoms with E-state index in [1.54, 1.807) is 0 Å². The molecule has 0 rings (SSSR count). The third-order valence-corrected chi connectivity index (χ3v) is 1.40. The highest BCUT2D eigenvalue weighted by Gasteiger charge is 2.32. The lowest BCUT2D eigenvalue weighted by Gasteiger charge is -2.16. The molecule has 0 aromatic rings. The van der Waals surface area contributed by atoms with Crippen molar-refractivity contribution in [2.75, 3.05) is 6.54 Å². The van der Waals surface area contributed by atoms with E-state index < -0.39 is 11.5 Å². The number of aldehydes is 1. The second kappa shape index (κ2) is 4.05. The topological polar surface area (TPSA) is 106 Å². The smallest absolute Gasteiger partial charge is 0.331 e. The van der Waals surface area contributed by atoms with Gasteiger partial charge in [0.05, 0.1) is 0 Å². The van der Waals surface area contributed by atoms with Crippen LogP contribution in [0.1, 0.15) is 12.8 Å². The molecule has 0 spiro atoms. The van der Waals surface area contributed by atoms with E-state index in [0.29, 0.717) is 13.0 Å². The van der Waals surface area contributed by atoms with Gasteiger partial charge in [-0.05, 0) is 19.4 Å². The predicted octanol–water partition coefficient (Wildman–Crippen LogP) is -1.29. The van der Waals surface area contributed by atoms with Crippen LogP contribution in [0, 0.1) is 0 Å². The molecule has 0 saturated carbocycles. The standard InChI is InChI=1S/C6H12N2O3/c7-3-1-2-6(8,4-9)5(10)11/h4H,1-3,7-8H2,(H,10,11). The van der Waals surface area contributed by atoms with E-state index in [1.807, 2.05) is 0 Å². The summed E-state index contributed by atoms with van der Waals surface area (Å²) in [5.41, 5.74) is 8.58. The number of hydrogen-bond donors (Lipinski definition) is 3. The van der Waals surface area contributed by atoms with Crippen LogP contribution < -0.4 is 11.5 Å². The molecule has 1 atom stereocenters. The summed E-state index contributed by atoms with van der Waals surface area (Å²) in [5, 5.41) is 8.46. The van der Waals surface area contributed by atoms with E-state index in [4.69, 9.17) is 16.6 Å². The number of rotatable bonds is 5. The molecule has 0 aromatic carbocycles. The molecule has 0 aromatic heterocycles. The van der Waals surface area contributed by atoms with Crippen molar-refractivity contribution in [3.63, 3.8) is 0 Å². The van der Waals surface area contributed by atoms with E-state index in [2.05, 4.69) is 0 Å². The molecule has 5 nitrogen and oxygen atoms in total. The molecule has 0 amide bonds. The fraction of sp³-hybridized carbons (Fsp3) is 0.667. The fourth-order valence-corrected chi connectivity index (χ4v) is 0.611. The average molecular weight is 160 g/mol. The maximum absolute atomic E-state index is 10.4. The molecule has 0 bridgehead atoms. The van der Waals surface area contributed by atoms with Gasteiger partial charge in [-0.15, -0.1) is 0 Å². The van der Waals surface area contributed by atoms with Gasteiger partial charge in [-0.1, -0.05) is 0 Å². The monoisotopic (exact) mass is 160 g/mol. The molecular formula is C6H12N2O3. The van der Waals surface area contributed by atoms with Gasteiger partial charge >= 0.3 is 5.97 Å². The molecule has 0 heterocycles. The Morgan fingerprint density at radius 3 is 2.45 bits per heavy atom. The van der Waals surface area contributed by atoms with Crippen LogP contribution in [0.15, 0.2) is 0 Å². The Labute approximate surface area is 64.4 Å². The minimum absolute atomic E-state index is 0.0856. The first-order valence-corrected chi connectivity index (χ1v) is 3.25. The number of carboxylic acid groups (broad SMARTS) is 1. The summed E-state index contributed by atoms with van der Waals surface area (Å²) in [6, 6.07) is 0. The van der Waals surface area contributed by atoms with Gasteiger partial charge in [0.15, 0.2) is 11.8 Å². The van der Waals surface area contributed by atoms with Crippen LogP contribution in [0.4, 0.5) is 0 Å². The van der Waals surface area contributed by atoms with E-state index >= 15 is 0 Å². The van der Waals surface area contributed by atoms with E-state index in [0.717, 1.165) is 0 Å². The maximum Gasteiger partial charge on any atom is 0.331 e. The van der Waals surface area contributed by atoms with Gasteiger partial charge in [0.2, 0.25) is 0 Å². The highest BCUT2D eigenvalue weighted by atomic mass is 16.4. The summed E-state index contributed by atoms with van der Waals surface area (Å²) in [7, 11) is 0. The van der Waals surface area contributed by atoms with Crippen LogP contribution in [-0.2, 0) is 9.59 Å². The number of carbonyl (C=O) groups is 2.